The first kappa shape index (κ1) is 20.9. The Bertz CT molecular complexity index is 982. The Labute approximate surface area is 182 Å². The maximum absolute atomic E-state index is 12.7. The molecule has 1 unspecified atom stereocenters. The first-order valence-corrected chi connectivity index (χ1v) is 10.5. The van der Waals surface area contributed by atoms with Gasteiger partial charge < -0.3 is 15.3 Å². The molecule has 1 fully saturated rings. The third-order valence-electron chi connectivity index (χ3n) is 7.22. The highest BCUT2D eigenvalue weighted by Gasteiger charge is 2.41. The second-order valence-corrected chi connectivity index (χ2v) is 8.77. The van der Waals surface area contributed by atoms with Crippen molar-refractivity contribution in [1.29, 1.82) is 0 Å². The van der Waals surface area contributed by atoms with Crippen molar-refractivity contribution in [2.24, 2.45) is 5.92 Å². The van der Waals surface area contributed by atoms with E-state index < -0.39 is 5.97 Å². The summed E-state index contributed by atoms with van der Waals surface area (Å²) in [7, 11) is 0. The largest absolute Gasteiger partial charge is 0.478 e. The number of rotatable bonds is 3. The molecule has 1 amide bonds. The summed E-state index contributed by atoms with van der Waals surface area (Å²) in [6.07, 6.45) is 5.34. The monoisotopic (exact) mass is 426 g/mol. The van der Waals surface area contributed by atoms with Crippen LogP contribution in [-0.2, 0) is 23.1 Å². The van der Waals surface area contributed by atoms with Gasteiger partial charge in [0.2, 0.25) is 5.91 Å². The van der Waals surface area contributed by atoms with Gasteiger partial charge in [0, 0.05) is 6.54 Å². The fourth-order valence-electron chi connectivity index (χ4n) is 5.59. The number of aryl methyl sites for hydroxylation is 1. The van der Waals surface area contributed by atoms with E-state index in [1.165, 1.54) is 18.4 Å². The Hall–Kier alpha value is -2.37. The molecule has 158 valence electrons. The summed E-state index contributed by atoms with van der Waals surface area (Å²) >= 11 is 0. The minimum Gasteiger partial charge on any atom is -0.478 e. The molecule has 1 saturated heterocycles. The van der Waals surface area contributed by atoms with E-state index in [-0.39, 0.29) is 29.8 Å². The van der Waals surface area contributed by atoms with Gasteiger partial charge in [-0.2, -0.15) is 0 Å². The number of anilines is 1. The van der Waals surface area contributed by atoms with Gasteiger partial charge in [0.05, 0.1) is 17.2 Å². The highest BCUT2D eigenvalue weighted by Crippen LogP contribution is 2.46. The average Bonchev–Trinajstić information content (AvgIpc) is 3.08. The zero-order chi connectivity index (χ0) is 20.0. The quantitative estimate of drug-likeness (QED) is 0.781. The van der Waals surface area contributed by atoms with Gasteiger partial charge in [-0.3, -0.25) is 4.79 Å². The summed E-state index contributed by atoms with van der Waals surface area (Å²) in [5, 5.41) is 12.2. The van der Waals surface area contributed by atoms with Crippen molar-refractivity contribution in [3.05, 3.63) is 64.7 Å². The van der Waals surface area contributed by atoms with Gasteiger partial charge in [0.1, 0.15) is 0 Å². The molecule has 0 saturated carbocycles. The summed E-state index contributed by atoms with van der Waals surface area (Å²) in [5.74, 6) is -1.19. The van der Waals surface area contributed by atoms with Crippen LogP contribution in [0.25, 0.3) is 0 Å². The Morgan fingerprint density at radius 2 is 1.80 bits per heavy atom. The first-order valence-electron chi connectivity index (χ1n) is 10.5. The maximum atomic E-state index is 12.7. The molecule has 0 radical (unpaired) electrons. The van der Waals surface area contributed by atoms with E-state index in [1.54, 1.807) is 17.7 Å². The Morgan fingerprint density at radius 1 is 1.07 bits per heavy atom. The number of carboxylic acid groups (broad SMARTS) is 1. The number of fused-ring (bicyclic) bond motifs is 3. The number of hydrogen-bond acceptors (Lipinski definition) is 3. The normalized spacial score (nSPS) is 22.0. The van der Waals surface area contributed by atoms with Gasteiger partial charge in [-0.05, 0) is 73.4 Å². The molecule has 30 heavy (non-hydrogen) atoms. The number of carboxylic acids is 1. The van der Waals surface area contributed by atoms with Crippen molar-refractivity contribution in [2.75, 3.05) is 25.0 Å². The number of likely N-dealkylation sites (tertiary alicyclic amines) is 1. The molecular weight excluding hydrogens is 400 g/mol. The SMILES string of the molecule is Cl.O=C(O)c1cccc2c1NC(=O)C(CN1CCC3(CCc4ccccc43)CC1)C2. The predicted octanol–water partition coefficient (Wildman–Crippen LogP) is 3.90. The number of carbonyl (C=O) groups excluding carboxylic acids is 1. The molecule has 2 heterocycles. The summed E-state index contributed by atoms with van der Waals surface area (Å²) < 4.78 is 0. The van der Waals surface area contributed by atoms with E-state index in [4.69, 9.17) is 0 Å². The van der Waals surface area contributed by atoms with Crippen molar-refractivity contribution in [2.45, 2.75) is 37.5 Å². The molecule has 2 N–H and O–H groups in total. The molecule has 0 aromatic heterocycles. The highest BCUT2D eigenvalue weighted by atomic mass is 35.5. The van der Waals surface area contributed by atoms with Crippen molar-refractivity contribution in [3.63, 3.8) is 0 Å². The first-order chi connectivity index (χ1) is 14.1. The second kappa shape index (κ2) is 8.05. The highest BCUT2D eigenvalue weighted by molar-refractivity contribution is 6.03. The van der Waals surface area contributed by atoms with E-state index in [0.29, 0.717) is 17.5 Å². The van der Waals surface area contributed by atoms with Crippen molar-refractivity contribution >= 4 is 30.0 Å². The number of hydrogen-bond donors (Lipinski definition) is 2. The van der Waals surface area contributed by atoms with Crippen molar-refractivity contribution < 1.29 is 14.7 Å². The number of nitrogens with one attached hydrogen (secondary N) is 1. The van der Waals surface area contributed by atoms with Crippen LogP contribution in [0.15, 0.2) is 42.5 Å². The molecule has 5 rings (SSSR count). The molecule has 1 spiro atoms. The summed E-state index contributed by atoms with van der Waals surface area (Å²) in [6.45, 7) is 2.76. The van der Waals surface area contributed by atoms with Gasteiger partial charge >= 0.3 is 5.97 Å². The fraction of sp³-hybridized carbons (Fsp3) is 0.417. The van der Waals surface area contributed by atoms with E-state index in [2.05, 4.69) is 34.5 Å². The maximum Gasteiger partial charge on any atom is 0.337 e. The minimum absolute atomic E-state index is 0. The number of para-hydroxylation sites is 1. The Morgan fingerprint density at radius 3 is 2.57 bits per heavy atom. The molecule has 3 aliphatic rings. The van der Waals surface area contributed by atoms with E-state index in [9.17, 15) is 14.7 Å². The van der Waals surface area contributed by atoms with Crippen molar-refractivity contribution in [1.82, 2.24) is 4.90 Å². The number of benzene rings is 2. The minimum atomic E-state index is -1.00. The van der Waals surface area contributed by atoms with Crippen LogP contribution >= 0.6 is 12.4 Å². The molecule has 5 nitrogen and oxygen atoms in total. The van der Waals surface area contributed by atoms with Crippen LogP contribution in [0.3, 0.4) is 0 Å². The van der Waals surface area contributed by atoms with E-state index in [0.717, 1.165) is 38.0 Å². The molecule has 6 heteroatoms. The molecular formula is C24H27ClN2O3. The molecule has 1 aliphatic carbocycles. The number of amides is 1. The van der Waals surface area contributed by atoms with Gasteiger partial charge in [0.25, 0.3) is 0 Å². The third-order valence-corrected chi connectivity index (χ3v) is 7.22. The van der Waals surface area contributed by atoms with E-state index >= 15 is 0 Å². The second-order valence-electron chi connectivity index (χ2n) is 8.77. The van der Waals surface area contributed by atoms with E-state index in [1.807, 2.05) is 6.07 Å². The standard InChI is InChI=1S/C24H26N2O3.ClH/c27-22-18(14-17-5-3-6-19(23(28)29)21(17)25-22)15-26-12-10-24(11-13-26)9-8-16-4-1-2-7-20(16)24;/h1-7,18H,8-15H2,(H,25,27)(H,28,29);1H. The van der Waals surface area contributed by atoms with Gasteiger partial charge in [-0.15, -0.1) is 12.4 Å². The topological polar surface area (TPSA) is 69.6 Å². The lowest BCUT2D eigenvalue weighted by Gasteiger charge is -2.41. The molecule has 2 aliphatic heterocycles. The zero-order valence-corrected chi connectivity index (χ0v) is 17.7. The van der Waals surface area contributed by atoms with Crippen molar-refractivity contribution in [3.8, 4) is 0 Å². The van der Waals surface area contributed by atoms with Gasteiger partial charge in [-0.1, -0.05) is 36.4 Å². The lowest BCUT2D eigenvalue weighted by atomic mass is 9.73. The summed E-state index contributed by atoms with van der Waals surface area (Å²) in [5.41, 5.74) is 4.96. The zero-order valence-electron chi connectivity index (χ0n) is 16.9. The van der Waals surface area contributed by atoms with Crippen LogP contribution in [0.5, 0.6) is 0 Å². The molecule has 2 aromatic rings. The fourth-order valence-corrected chi connectivity index (χ4v) is 5.59. The number of piperidine rings is 1. The lowest BCUT2D eigenvalue weighted by molar-refractivity contribution is -0.121. The number of carbonyl (C=O) groups is 2. The molecule has 2 aromatic carbocycles. The van der Waals surface area contributed by atoms with Crippen LogP contribution in [0.2, 0.25) is 0 Å². The molecule has 1 atom stereocenters. The predicted molar refractivity (Wildman–Crippen MR) is 119 cm³/mol. The van der Waals surface area contributed by atoms with Gasteiger partial charge in [0.15, 0.2) is 0 Å². The van der Waals surface area contributed by atoms with Crippen LogP contribution in [0, 0.1) is 5.92 Å². The van der Waals surface area contributed by atoms with Gasteiger partial charge in [-0.25, -0.2) is 4.79 Å². The Kier molecular flexibility index (Phi) is 5.60. The summed E-state index contributed by atoms with van der Waals surface area (Å²) in [6, 6.07) is 14.1. The van der Waals surface area contributed by atoms with Crippen LogP contribution in [0.4, 0.5) is 5.69 Å². The molecule has 0 bridgehead atoms. The average molecular weight is 427 g/mol. The summed E-state index contributed by atoms with van der Waals surface area (Å²) in [4.78, 5) is 26.5. The van der Waals surface area contributed by atoms with Crippen LogP contribution < -0.4 is 5.32 Å². The number of nitrogens with zero attached hydrogens (tertiary/aromatic N) is 1. The lowest BCUT2D eigenvalue weighted by Crippen LogP contribution is -2.46. The van der Waals surface area contributed by atoms with Crippen LogP contribution in [0.1, 0.15) is 46.3 Å². The van der Waals surface area contributed by atoms with Crippen LogP contribution in [-0.4, -0.2) is 41.5 Å². The third kappa shape index (κ3) is 3.50. The smallest absolute Gasteiger partial charge is 0.337 e. The Balaban J connectivity index is 0.00000218. The number of halogens is 1. The number of aromatic carboxylic acids is 1.